The van der Waals surface area contributed by atoms with Crippen LogP contribution in [0.2, 0.25) is 0 Å². The summed E-state index contributed by atoms with van der Waals surface area (Å²) in [5.74, 6) is -0.547. The molecule has 38 heavy (non-hydrogen) atoms. The Bertz CT molecular complexity index is 1360. The second kappa shape index (κ2) is 12.6. The fourth-order valence-electron chi connectivity index (χ4n) is 4.06. The first kappa shape index (κ1) is 28.7. The second-order valence-electron chi connectivity index (χ2n) is 9.35. The van der Waals surface area contributed by atoms with Crippen LogP contribution in [-0.2, 0) is 26.2 Å². The Morgan fingerprint density at radius 2 is 1.58 bits per heavy atom. The van der Waals surface area contributed by atoms with Crippen LogP contribution >= 0.6 is 0 Å². The lowest BCUT2D eigenvalue weighted by Crippen LogP contribution is -2.52. The summed E-state index contributed by atoms with van der Waals surface area (Å²) in [6, 6.07) is 21.2. The molecule has 1 atom stereocenters. The van der Waals surface area contributed by atoms with Crippen molar-refractivity contribution < 1.29 is 22.7 Å². The lowest BCUT2D eigenvalue weighted by molar-refractivity contribution is -0.139. The van der Waals surface area contributed by atoms with Crippen LogP contribution in [0.1, 0.15) is 31.9 Å². The quantitative estimate of drug-likeness (QED) is 0.397. The Morgan fingerprint density at radius 1 is 0.921 bits per heavy atom. The van der Waals surface area contributed by atoms with Gasteiger partial charge in [0.25, 0.3) is 10.0 Å². The highest BCUT2D eigenvalue weighted by Gasteiger charge is 2.33. The molecule has 8 nitrogen and oxygen atoms in total. The first-order chi connectivity index (χ1) is 18.0. The maximum Gasteiger partial charge on any atom is 0.264 e. The number of para-hydroxylation sites is 2. The molecule has 0 saturated carbocycles. The van der Waals surface area contributed by atoms with Gasteiger partial charge in [-0.25, -0.2) is 8.42 Å². The Balaban J connectivity index is 2.06. The van der Waals surface area contributed by atoms with Gasteiger partial charge in [-0.05, 0) is 57.5 Å². The van der Waals surface area contributed by atoms with Crippen molar-refractivity contribution >= 4 is 27.5 Å². The summed E-state index contributed by atoms with van der Waals surface area (Å²) in [4.78, 5) is 28.3. The zero-order valence-corrected chi connectivity index (χ0v) is 23.2. The van der Waals surface area contributed by atoms with E-state index in [9.17, 15) is 18.0 Å². The Morgan fingerprint density at radius 3 is 2.21 bits per heavy atom. The third-order valence-electron chi connectivity index (χ3n) is 6.00. The maximum absolute atomic E-state index is 13.9. The molecule has 0 radical (unpaired) electrons. The molecule has 1 N–H and O–H groups in total. The maximum atomic E-state index is 13.9. The van der Waals surface area contributed by atoms with Crippen molar-refractivity contribution in [3.05, 3.63) is 90.0 Å². The van der Waals surface area contributed by atoms with E-state index >= 15 is 0 Å². The standard InChI is InChI=1S/C29H35N3O5S/c1-21(2)30-29(34)23(4)31(19-24-13-11-12-22(3)18-24)28(33)20-32(26-16-9-10-17-27(26)37-5)38(35,36)25-14-7-6-8-15-25/h6-18,21,23H,19-20H2,1-5H3,(H,30,34)/t23-/m0/s1. The molecule has 0 aliphatic heterocycles. The topological polar surface area (TPSA) is 96.0 Å². The molecule has 2 amide bonds. The van der Waals surface area contributed by atoms with Gasteiger partial charge in [0.15, 0.2) is 0 Å². The third kappa shape index (κ3) is 6.92. The van der Waals surface area contributed by atoms with Crippen LogP contribution in [0.25, 0.3) is 0 Å². The van der Waals surface area contributed by atoms with Gasteiger partial charge >= 0.3 is 0 Å². The zero-order chi connectivity index (χ0) is 27.9. The number of rotatable bonds is 11. The van der Waals surface area contributed by atoms with Gasteiger partial charge in [-0.3, -0.25) is 13.9 Å². The number of methoxy groups -OCH3 is 1. The summed E-state index contributed by atoms with van der Waals surface area (Å²) in [5, 5.41) is 2.85. The van der Waals surface area contributed by atoms with Crippen LogP contribution in [0, 0.1) is 6.92 Å². The van der Waals surface area contributed by atoms with E-state index in [2.05, 4.69) is 5.32 Å². The molecule has 0 heterocycles. The van der Waals surface area contributed by atoms with E-state index in [1.165, 1.54) is 24.1 Å². The van der Waals surface area contributed by atoms with Crippen LogP contribution < -0.4 is 14.4 Å². The van der Waals surface area contributed by atoms with E-state index < -0.39 is 28.5 Å². The van der Waals surface area contributed by atoms with Crippen molar-refractivity contribution in [2.45, 2.75) is 51.2 Å². The molecule has 3 aromatic rings. The summed E-state index contributed by atoms with van der Waals surface area (Å²) >= 11 is 0. The number of carbonyl (C=O) groups excluding carboxylic acids is 2. The number of carbonyl (C=O) groups is 2. The molecule has 0 saturated heterocycles. The largest absolute Gasteiger partial charge is 0.495 e. The van der Waals surface area contributed by atoms with Crippen molar-refractivity contribution in [1.82, 2.24) is 10.2 Å². The highest BCUT2D eigenvalue weighted by atomic mass is 32.2. The summed E-state index contributed by atoms with van der Waals surface area (Å²) in [5.41, 5.74) is 2.07. The second-order valence-corrected chi connectivity index (χ2v) is 11.2. The molecular weight excluding hydrogens is 502 g/mol. The summed E-state index contributed by atoms with van der Waals surface area (Å²) < 4.78 is 34.1. The molecule has 3 rings (SSSR count). The van der Waals surface area contributed by atoms with E-state index in [4.69, 9.17) is 4.74 Å². The SMILES string of the molecule is COc1ccccc1N(CC(=O)N(Cc1cccc(C)c1)[C@@H](C)C(=O)NC(C)C)S(=O)(=O)c1ccccc1. The molecule has 202 valence electrons. The number of hydrogen-bond acceptors (Lipinski definition) is 5. The first-order valence-electron chi connectivity index (χ1n) is 12.4. The average Bonchev–Trinajstić information content (AvgIpc) is 2.90. The van der Waals surface area contributed by atoms with Gasteiger partial charge < -0.3 is 15.0 Å². The van der Waals surface area contributed by atoms with Crippen molar-refractivity contribution in [2.75, 3.05) is 18.0 Å². The highest BCUT2D eigenvalue weighted by molar-refractivity contribution is 7.92. The number of amides is 2. The Labute approximate surface area is 225 Å². The Kier molecular flexibility index (Phi) is 9.52. The van der Waals surface area contributed by atoms with E-state index in [1.54, 1.807) is 49.4 Å². The number of nitrogens with one attached hydrogen (secondary N) is 1. The number of sulfonamides is 1. The van der Waals surface area contributed by atoms with Crippen LogP contribution in [0.5, 0.6) is 5.75 Å². The van der Waals surface area contributed by atoms with Gasteiger partial charge in [0.1, 0.15) is 18.3 Å². The lowest BCUT2D eigenvalue weighted by atomic mass is 10.1. The molecular formula is C29H35N3O5S. The Hall–Kier alpha value is -3.85. The molecule has 0 aliphatic carbocycles. The molecule has 0 unspecified atom stereocenters. The van der Waals surface area contributed by atoms with Crippen molar-refractivity contribution in [2.24, 2.45) is 0 Å². The highest BCUT2D eigenvalue weighted by Crippen LogP contribution is 2.32. The number of hydrogen-bond donors (Lipinski definition) is 1. The smallest absolute Gasteiger partial charge is 0.264 e. The number of benzene rings is 3. The number of nitrogens with zero attached hydrogens (tertiary/aromatic N) is 2. The van der Waals surface area contributed by atoms with Gasteiger partial charge in [0, 0.05) is 12.6 Å². The zero-order valence-electron chi connectivity index (χ0n) is 22.4. The van der Waals surface area contributed by atoms with Gasteiger partial charge in [0.05, 0.1) is 17.7 Å². The molecule has 9 heteroatoms. The molecule has 0 aliphatic rings. The van der Waals surface area contributed by atoms with Crippen molar-refractivity contribution in [1.29, 1.82) is 0 Å². The van der Waals surface area contributed by atoms with Crippen LogP contribution in [0.3, 0.4) is 0 Å². The molecule has 0 fully saturated rings. The fourth-order valence-corrected chi connectivity index (χ4v) is 5.51. The summed E-state index contributed by atoms with van der Waals surface area (Å²) in [7, 11) is -2.71. The fraction of sp³-hybridized carbons (Fsp3) is 0.310. The molecule has 0 spiro atoms. The molecule has 0 aromatic heterocycles. The number of anilines is 1. The minimum Gasteiger partial charge on any atom is -0.495 e. The summed E-state index contributed by atoms with van der Waals surface area (Å²) in [6.07, 6.45) is 0. The third-order valence-corrected chi connectivity index (χ3v) is 7.77. The van der Waals surface area contributed by atoms with Crippen LogP contribution in [0.15, 0.2) is 83.8 Å². The predicted octanol–water partition coefficient (Wildman–Crippen LogP) is 4.14. The van der Waals surface area contributed by atoms with Gasteiger partial charge in [-0.2, -0.15) is 0 Å². The molecule has 3 aromatic carbocycles. The van der Waals surface area contributed by atoms with E-state index in [-0.39, 0.29) is 29.1 Å². The molecule has 0 bridgehead atoms. The van der Waals surface area contributed by atoms with Crippen LogP contribution in [-0.4, -0.2) is 50.9 Å². The van der Waals surface area contributed by atoms with Crippen LogP contribution in [0.4, 0.5) is 5.69 Å². The van der Waals surface area contributed by atoms with E-state index in [1.807, 2.05) is 45.0 Å². The van der Waals surface area contributed by atoms with Crippen molar-refractivity contribution in [3.8, 4) is 5.75 Å². The van der Waals surface area contributed by atoms with Gasteiger partial charge in [0.2, 0.25) is 11.8 Å². The number of ether oxygens (including phenoxy) is 1. The van der Waals surface area contributed by atoms with E-state index in [0.29, 0.717) is 5.75 Å². The minimum absolute atomic E-state index is 0.0366. The number of aryl methyl sites for hydroxylation is 1. The van der Waals surface area contributed by atoms with Crippen molar-refractivity contribution in [3.63, 3.8) is 0 Å². The van der Waals surface area contributed by atoms with Gasteiger partial charge in [-0.1, -0.05) is 60.2 Å². The van der Waals surface area contributed by atoms with Gasteiger partial charge in [-0.15, -0.1) is 0 Å². The monoisotopic (exact) mass is 537 g/mol. The lowest BCUT2D eigenvalue weighted by Gasteiger charge is -2.32. The van der Waals surface area contributed by atoms with E-state index in [0.717, 1.165) is 15.4 Å². The minimum atomic E-state index is -4.15. The normalized spacial score (nSPS) is 12.1. The summed E-state index contributed by atoms with van der Waals surface area (Å²) in [6.45, 7) is 6.88. The first-order valence-corrected chi connectivity index (χ1v) is 13.8. The predicted molar refractivity (Wildman–Crippen MR) is 148 cm³/mol. The average molecular weight is 538 g/mol.